The summed E-state index contributed by atoms with van der Waals surface area (Å²) in [7, 11) is 2.32. The third-order valence-electron chi connectivity index (χ3n) is 32.6. The third-order valence-corrected chi connectivity index (χ3v) is 35.7. The first kappa shape index (κ1) is 84.6. The second-order valence-electron chi connectivity index (χ2n) is 40.5. The van der Waals surface area contributed by atoms with Gasteiger partial charge in [-0.05, 0) is 234 Å². The van der Waals surface area contributed by atoms with Crippen LogP contribution in [0.2, 0.25) is 0 Å². The lowest BCUT2D eigenvalue weighted by Crippen LogP contribution is -2.45. The molecule has 8 heterocycles. The van der Waals surface area contributed by atoms with E-state index in [1.807, 2.05) is 0 Å². The number of nitrogens with one attached hydrogen (secondary N) is 1. The fourth-order valence-electron chi connectivity index (χ4n) is 25.9. The Morgan fingerprint density at radius 2 is 1.19 bits per heavy atom. The number of aromatic nitrogens is 6. The van der Waals surface area contributed by atoms with Crippen LogP contribution >= 0.6 is 23.5 Å². The summed E-state index contributed by atoms with van der Waals surface area (Å²) in [6, 6.07) is 46.7. The molecule has 0 amide bonds. The van der Waals surface area contributed by atoms with Crippen LogP contribution in [0.5, 0.6) is 0 Å². The van der Waals surface area contributed by atoms with Gasteiger partial charge in [0.05, 0.1) is 29.1 Å². The highest BCUT2D eigenvalue weighted by atomic mass is 32.2. The predicted octanol–water partition coefficient (Wildman–Crippen LogP) is 28.1. The highest BCUT2D eigenvalue weighted by Gasteiger charge is 2.54. The summed E-state index contributed by atoms with van der Waals surface area (Å²) in [5.41, 5.74) is 31.1. The number of rotatable bonds is 17. The molecule has 0 spiro atoms. The van der Waals surface area contributed by atoms with Gasteiger partial charge in [0.25, 0.3) is 0 Å². The first-order valence-electron chi connectivity index (χ1n) is 50.8. The van der Waals surface area contributed by atoms with Gasteiger partial charge in [0.2, 0.25) is 0 Å². The van der Waals surface area contributed by atoms with Gasteiger partial charge in [0, 0.05) is 129 Å². The summed E-state index contributed by atoms with van der Waals surface area (Å²) in [4.78, 5) is 45.4. The maximum absolute atomic E-state index is 5.78. The van der Waals surface area contributed by atoms with E-state index in [1.165, 1.54) is 90.2 Å². The lowest BCUT2D eigenvalue weighted by atomic mass is 9.75. The van der Waals surface area contributed by atoms with E-state index in [4.69, 9.17) is 29.9 Å². The van der Waals surface area contributed by atoms with E-state index in [9.17, 15) is 0 Å². The first-order valence-corrected chi connectivity index (χ1v) is 52.6. The lowest BCUT2D eigenvalue weighted by molar-refractivity contribution is 0.176. The smallest absolute Gasteiger partial charge is 0.165 e. The Labute approximate surface area is 815 Å². The SMILES string of the molecule is CN1CC(c2ccc(C3C=CC=CC3)c(-c3ccccc3)c2)=CC(c2nc(-c3ccc(C4C=CC(c5nc(C6=CC(c7ccc(C8=CC=CCC8)c(C8C=CCCC8)c7)=CNC6C6CCC7=C(C6)SC6C8=C(C=CC76)C6CC=CC=C6N8C6C=CC=CC6)nc(-c6ccccc6)n5)=CC4)cc3)nc(C3C=CC=CC3)n2)=C1C1=CC2C3=C(SC2CC1)C1C(C=C3)C2=CC=CCC2N1C1C=CC=CC1. The van der Waals surface area contributed by atoms with Crippen molar-refractivity contribution in [1.29, 1.82) is 0 Å². The number of hydrogen-bond acceptors (Lipinski definition) is 12. The first-order chi connectivity index (χ1) is 67.8. The minimum atomic E-state index is -0.0599. The molecule has 1 saturated heterocycles. The van der Waals surface area contributed by atoms with Gasteiger partial charge in [-0.25, -0.2) is 29.9 Å². The summed E-state index contributed by atoms with van der Waals surface area (Å²) in [5, 5.41) is 5.03. The van der Waals surface area contributed by atoms with Gasteiger partial charge in [-0.15, -0.1) is 23.5 Å². The largest absolute Gasteiger partial charge is 0.383 e. The van der Waals surface area contributed by atoms with Crippen LogP contribution in [0.3, 0.4) is 0 Å². The molecule has 26 rings (SSSR count). The number of hydrogen-bond donors (Lipinski definition) is 1. The van der Waals surface area contributed by atoms with Crippen LogP contribution in [0, 0.1) is 29.6 Å². The lowest BCUT2D eigenvalue weighted by Gasteiger charge is -2.38. The molecule has 1 N–H and O–H groups in total. The molecule has 0 bridgehead atoms. The zero-order valence-electron chi connectivity index (χ0n) is 77.8. The van der Waals surface area contributed by atoms with Crippen molar-refractivity contribution < 1.29 is 0 Å². The predicted molar refractivity (Wildman–Crippen MR) is 566 cm³/mol. The average Bonchev–Trinajstić information content (AvgIpc) is 1.57. The van der Waals surface area contributed by atoms with Crippen molar-refractivity contribution in [2.75, 3.05) is 13.6 Å². The zero-order valence-corrected chi connectivity index (χ0v) is 79.4. The van der Waals surface area contributed by atoms with Gasteiger partial charge in [0.1, 0.15) is 5.82 Å². The Bertz CT molecular complexity index is 7070. The molecule has 676 valence electrons. The Morgan fingerprint density at radius 1 is 0.460 bits per heavy atom. The molecule has 7 aromatic rings. The van der Waals surface area contributed by atoms with Gasteiger partial charge in [0.15, 0.2) is 29.1 Å². The van der Waals surface area contributed by atoms with Crippen LogP contribution in [0.25, 0.3) is 67.3 Å². The Kier molecular flexibility index (Phi) is 22.4. The summed E-state index contributed by atoms with van der Waals surface area (Å²) in [5.74, 6) is 6.71. The van der Waals surface area contributed by atoms with E-state index in [1.54, 1.807) is 26.7 Å². The van der Waals surface area contributed by atoms with Crippen LogP contribution in [0.15, 0.2) is 407 Å². The topological polar surface area (TPSA) is 99.1 Å². The van der Waals surface area contributed by atoms with Crippen molar-refractivity contribution in [2.24, 2.45) is 29.6 Å². The minimum Gasteiger partial charge on any atom is -0.383 e. The van der Waals surface area contributed by atoms with Gasteiger partial charge < -0.3 is 15.1 Å². The molecule has 16 atom stereocenters. The number of fused-ring (bicyclic) bond motifs is 11. The number of nitrogens with zero attached hydrogens (tertiary/aromatic N) is 9. The number of likely N-dealkylation sites (tertiary alicyclic amines) is 1. The van der Waals surface area contributed by atoms with Gasteiger partial charge in [-0.2, -0.15) is 0 Å². The quantitative estimate of drug-likeness (QED) is 0.0879. The second-order valence-corrected chi connectivity index (χ2v) is 43.0. The van der Waals surface area contributed by atoms with E-state index in [0.717, 1.165) is 154 Å². The fraction of sp³-hybridized carbons (Fsp3) is 0.280. The summed E-state index contributed by atoms with van der Waals surface area (Å²) < 4.78 is 0. The molecule has 19 aliphatic rings. The van der Waals surface area contributed by atoms with Crippen molar-refractivity contribution in [3.8, 4) is 33.9 Å². The Morgan fingerprint density at radius 3 is 1.99 bits per heavy atom. The van der Waals surface area contributed by atoms with Crippen molar-refractivity contribution >= 4 is 57.0 Å². The van der Waals surface area contributed by atoms with Crippen LogP contribution < -0.4 is 5.32 Å². The molecule has 12 heteroatoms. The minimum absolute atomic E-state index is 0.0280. The Hall–Kier alpha value is -12.8. The standard InChI is InChI=1S/C125H114N10S2/c1-133-77-93(89-59-63-97(81-32-12-3-13-33-81)106(71-89)83-36-16-5-17-37-83)74-109(115(133)91-61-69-112-107(72-91)104-68-66-102-99-47-27-29-49-111(99)135(117(102)119(104)136-112)95-44-24-9-25-45-95)125-131-121(85-40-20-7-21-41-85)128-123(132-125)87-56-52-79(53-57-87)78-50-54-86(55-51-78)122-127-120(84-38-18-6-19-39-84)129-124(130-122)108-73-92(88-58-62-96(80-30-10-2-11-31-80)105(70-88)82-34-14-4-15-35-82)76-126-114(108)90-60-64-100-103-67-65-101-98-46-26-28-48-110(98)134(94-42-22-8-23-43-94)116(101)118(103)137-113(100)75-90/h2-3,5-10,12-14,16-30,32,34,36-40,42,44,47-48,50,52-59,62-63,65-68,70-74,76,78,81-82,85,90,94-95,98,102-103,107,111-112,114,117-118,126H,4,11,15,31,33,35,41,43,45-46,49,51,60-61,64,69,75,77H2,1H3. The van der Waals surface area contributed by atoms with Crippen LogP contribution in [-0.4, -0.2) is 98.9 Å². The number of likely N-dealkylation sites (N-methyl/N-ethyl adjacent to an activating group) is 1. The summed E-state index contributed by atoms with van der Waals surface area (Å²) >= 11 is 4.38. The molecule has 0 radical (unpaired) electrons. The van der Waals surface area contributed by atoms with Gasteiger partial charge in [-0.3, -0.25) is 4.90 Å². The molecule has 2 aromatic heterocycles. The molecule has 13 aliphatic carbocycles. The summed E-state index contributed by atoms with van der Waals surface area (Å²) in [6.07, 6.45) is 107. The van der Waals surface area contributed by atoms with E-state index >= 15 is 0 Å². The second kappa shape index (κ2) is 36.3. The summed E-state index contributed by atoms with van der Waals surface area (Å²) in [6.45, 7) is 0.731. The van der Waals surface area contributed by atoms with Crippen molar-refractivity contribution in [1.82, 2.24) is 49.9 Å². The fourth-order valence-corrected chi connectivity index (χ4v) is 29.3. The van der Waals surface area contributed by atoms with Crippen molar-refractivity contribution in [3.05, 3.63) is 464 Å². The molecule has 10 nitrogen and oxygen atoms in total. The number of allylic oxidation sites excluding steroid dienone is 40. The van der Waals surface area contributed by atoms with Crippen molar-refractivity contribution in [3.63, 3.8) is 0 Å². The molecule has 137 heavy (non-hydrogen) atoms. The van der Waals surface area contributed by atoms with Gasteiger partial charge >= 0.3 is 0 Å². The van der Waals surface area contributed by atoms with Crippen LogP contribution in [0.1, 0.15) is 190 Å². The van der Waals surface area contributed by atoms with Gasteiger partial charge in [-0.1, -0.05) is 321 Å². The normalized spacial score (nSPS) is 29.4. The van der Waals surface area contributed by atoms with E-state index in [-0.39, 0.29) is 35.6 Å². The zero-order chi connectivity index (χ0) is 90.5. The van der Waals surface area contributed by atoms with Crippen LogP contribution in [-0.2, 0) is 0 Å². The number of thioether (sulfide) groups is 2. The van der Waals surface area contributed by atoms with E-state index in [0.29, 0.717) is 81.6 Å². The maximum atomic E-state index is 5.78. The maximum Gasteiger partial charge on any atom is 0.165 e. The average molecular weight is 1820 g/mol. The highest BCUT2D eigenvalue weighted by molar-refractivity contribution is 8.04. The number of dihydropyridines is 1. The van der Waals surface area contributed by atoms with Crippen molar-refractivity contribution in [2.45, 2.75) is 174 Å². The van der Waals surface area contributed by atoms with Crippen LogP contribution in [0.4, 0.5) is 0 Å². The Balaban J connectivity index is 0.541. The van der Waals surface area contributed by atoms with E-state index < -0.39 is 0 Å². The molecule has 0 saturated carbocycles. The number of benzene rings is 5. The van der Waals surface area contributed by atoms with E-state index in [2.05, 4.69) is 403 Å². The molecular formula is C125H114N10S2. The third kappa shape index (κ3) is 15.6. The highest BCUT2D eigenvalue weighted by Crippen LogP contribution is 2.63. The molecule has 5 aromatic carbocycles. The molecule has 6 aliphatic heterocycles. The monoisotopic (exact) mass is 1820 g/mol. The molecule has 1 fully saturated rings. The molecular weight excluding hydrogens is 1710 g/mol. The molecule has 16 unspecified atom stereocenters.